The van der Waals surface area contributed by atoms with E-state index >= 15 is 0 Å². The van der Waals surface area contributed by atoms with E-state index in [0.29, 0.717) is 0 Å². The Morgan fingerprint density at radius 2 is 0.720 bits per heavy atom. The number of rotatable bonds is 33. The highest BCUT2D eigenvalue weighted by Gasteiger charge is 2.49. The third kappa shape index (κ3) is 12.6. The van der Waals surface area contributed by atoms with Crippen molar-refractivity contribution in [2.45, 2.75) is 238 Å². The maximum absolute atomic E-state index is 7.11. The number of nitrogens with zero attached hydrogens (tertiary/aromatic N) is 1. The lowest BCUT2D eigenvalue weighted by atomic mass is 9.68. The highest BCUT2D eigenvalue weighted by molar-refractivity contribution is 6.20. The topological polar surface area (TPSA) is 42.7 Å². The van der Waals surface area contributed by atoms with Gasteiger partial charge in [0.25, 0.3) is 0 Å². The summed E-state index contributed by atoms with van der Waals surface area (Å²) >= 11 is 0. The van der Waals surface area contributed by atoms with Crippen molar-refractivity contribution >= 4 is 82.9 Å². The number of hydrogen-bond acceptors (Lipinski definition) is 4. The van der Waals surface area contributed by atoms with Gasteiger partial charge in [-0.2, -0.15) is 0 Å². The van der Waals surface area contributed by atoms with Crippen LogP contribution < -0.4 is 4.90 Å². The Balaban J connectivity index is 0.863. The van der Waals surface area contributed by atoms with Crippen molar-refractivity contribution in [1.29, 1.82) is 0 Å². The van der Waals surface area contributed by atoms with Crippen LogP contribution in [0.2, 0.25) is 0 Å². The van der Waals surface area contributed by atoms with E-state index in [4.69, 9.17) is 13.3 Å². The van der Waals surface area contributed by atoms with Crippen LogP contribution in [0, 0.1) is 0 Å². The predicted octanol–water partition coefficient (Wildman–Crippen LogP) is 32.0. The van der Waals surface area contributed by atoms with Gasteiger partial charge in [-0.15, -0.1) is 0 Å². The molecule has 0 amide bonds. The average Bonchev–Trinajstić information content (AvgIpc) is 1.51. The maximum atomic E-state index is 7.11. The standard InChI is InChI=1S/C103H109NO3/c1-7-11-15-19-23-36-59-102(60-37-24-20-16-12-8-2)85-57-58-94-98(80-46-31-34-49-92(80)105-94)97(85)84-69-88-83(68-89(84)102)76-55-52-75(66-87(76)103(88,61-38-25-21-17-13-9-3)62-39-26-22-18-14-10-4)104(73-44-40-43-71(63-73)70-41-28-27-29-42-70)74-53-56-79-86(65-74)101(5,6)90-67-82(100-99(96(79)90)81-47-32-35-50-93(81)107-100)72-51-54-78-77-45-30-33-48-91(77)106-95(78)64-72/h27-35,40-58,63-69H,7-26,36-39,59-62H2,1-6H3. The number of para-hydroxylation sites is 3. The van der Waals surface area contributed by atoms with Gasteiger partial charge in [0.2, 0.25) is 0 Å². The Bertz CT molecular complexity index is 5520. The van der Waals surface area contributed by atoms with Crippen molar-refractivity contribution in [1.82, 2.24) is 0 Å². The van der Waals surface area contributed by atoms with Crippen LogP contribution in [0.25, 0.3) is 121 Å². The van der Waals surface area contributed by atoms with Crippen LogP contribution >= 0.6 is 0 Å². The smallest absolute Gasteiger partial charge is 0.143 e. The summed E-state index contributed by atoms with van der Waals surface area (Å²) in [5, 5.41) is 7.14. The van der Waals surface area contributed by atoms with Crippen LogP contribution in [0.15, 0.2) is 226 Å². The minimum absolute atomic E-state index is 0.116. The van der Waals surface area contributed by atoms with Crippen LogP contribution in [0.3, 0.4) is 0 Å². The monoisotopic (exact) mass is 1410 g/mol. The van der Waals surface area contributed by atoms with E-state index in [1.54, 1.807) is 16.7 Å². The first-order valence-electron chi connectivity index (χ1n) is 42.0. The minimum atomic E-state index is -0.390. The van der Waals surface area contributed by atoms with Crippen molar-refractivity contribution in [3.05, 3.63) is 246 Å². The molecule has 0 bridgehead atoms. The van der Waals surface area contributed by atoms with Crippen LogP contribution in [0.5, 0.6) is 0 Å². The fraction of sp³-hybridized carbons (Fsp3) is 0.359. The molecule has 0 N–H and O–H groups in total. The molecule has 0 fully saturated rings. The highest BCUT2D eigenvalue weighted by atomic mass is 16.3. The van der Waals surface area contributed by atoms with Crippen molar-refractivity contribution in [3.63, 3.8) is 0 Å². The summed E-state index contributed by atoms with van der Waals surface area (Å²) in [6.45, 7) is 14.3. The molecule has 0 aliphatic heterocycles. The number of furan rings is 3. The fourth-order valence-corrected chi connectivity index (χ4v) is 20.3. The van der Waals surface area contributed by atoms with E-state index in [1.807, 2.05) is 0 Å². The van der Waals surface area contributed by atoms with Crippen LogP contribution in [0.4, 0.5) is 17.1 Å². The molecule has 17 rings (SSSR count). The second-order valence-corrected chi connectivity index (χ2v) is 32.9. The zero-order valence-electron chi connectivity index (χ0n) is 64.7. The molecule has 3 aromatic heterocycles. The molecule has 4 nitrogen and oxygen atoms in total. The quantitative estimate of drug-likeness (QED) is 0.0385. The first-order chi connectivity index (χ1) is 52.7. The molecule has 0 saturated heterocycles. The first kappa shape index (κ1) is 70.6. The summed E-state index contributed by atoms with van der Waals surface area (Å²) in [5.41, 5.74) is 30.3. The summed E-state index contributed by atoms with van der Waals surface area (Å²) in [6, 6.07) is 81.6. The Hall–Kier alpha value is -9.38. The third-order valence-corrected chi connectivity index (χ3v) is 25.8. The van der Waals surface area contributed by atoms with Crippen LogP contribution in [0.1, 0.15) is 255 Å². The highest BCUT2D eigenvalue weighted by Crippen LogP contribution is 2.64. The molecule has 3 aliphatic rings. The molecule has 3 aliphatic carbocycles. The molecule has 0 unspecified atom stereocenters. The van der Waals surface area contributed by atoms with Crippen molar-refractivity contribution < 1.29 is 13.3 Å². The van der Waals surface area contributed by atoms with E-state index in [2.05, 4.69) is 259 Å². The van der Waals surface area contributed by atoms with E-state index in [9.17, 15) is 0 Å². The minimum Gasteiger partial charge on any atom is -0.456 e. The molecule has 0 spiro atoms. The Labute approximate surface area is 636 Å². The fourth-order valence-electron chi connectivity index (χ4n) is 20.3. The molecule has 0 saturated carbocycles. The van der Waals surface area contributed by atoms with E-state index in [1.165, 1.54) is 250 Å². The summed E-state index contributed by atoms with van der Waals surface area (Å²) in [7, 11) is 0. The lowest BCUT2D eigenvalue weighted by Crippen LogP contribution is -2.27. The summed E-state index contributed by atoms with van der Waals surface area (Å²) < 4.78 is 20.7. The molecule has 0 radical (unpaired) electrons. The normalized spacial score (nSPS) is 14.2. The molecular formula is C103H109NO3. The molecule has 14 aromatic rings. The van der Waals surface area contributed by atoms with Crippen LogP contribution in [-0.4, -0.2) is 0 Å². The summed E-state index contributed by atoms with van der Waals surface area (Å²) in [5.74, 6) is 0. The molecule has 0 atom stereocenters. The van der Waals surface area contributed by atoms with Gasteiger partial charge in [0.15, 0.2) is 0 Å². The lowest BCUT2D eigenvalue weighted by molar-refractivity contribution is 0.394. The zero-order chi connectivity index (χ0) is 72.6. The Morgan fingerprint density at radius 1 is 0.262 bits per heavy atom. The Kier molecular flexibility index (Phi) is 20.0. The van der Waals surface area contributed by atoms with Crippen molar-refractivity contribution in [3.8, 4) is 55.6 Å². The van der Waals surface area contributed by atoms with Gasteiger partial charge in [-0.3, -0.25) is 0 Å². The van der Waals surface area contributed by atoms with Crippen molar-refractivity contribution in [2.75, 3.05) is 4.90 Å². The van der Waals surface area contributed by atoms with E-state index in [0.717, 1.165) is 85.0 Å². The Morgan fingerprint density at radius 3 is 1.36 bits per heavy atom. The molecule has 4 heteroatoms. The molecule has 11 aromatic carbocycles. The predicted molar refractivity (Wildman–Crippen MR) is 456 cm³/mol. The second-order valence-electron chi connectivity index (χ2n) is 32.9. The van der Waals surface area contributed by atoms with Crippen LogP contribution in [-0.2, 0) is 16.2 Å². The molecule has 107 heavy (non-hydrogen) atoms. The zero-order valence-corrected chi connectivity index (χ0v) is 64.7. The number of benzene rings is 11. The van der Waals surface area contributed by atoms with Gasteiger partial charge in [-0.25, -0.2) is 0 Å². The van der Waals surface area contributed by atoms with E-state index in [-0.39, 0.29) is 10.8 Å². The first-order valence-corrected chi connectivity index (χ1v) is 42.0. The maximum Gasteiger partial charge on any atom is 0.143 e. The van der Waals surface area contributed by atoms with E-state index < -0.39 is 5.41 Å². The molecule has 3 heterocycles. The second kappa shape index (κ2) is 30.3. The van der Waals surface area contributed by atoms with Gasteiger partial charge in [-0.05, 0) is 200 Å². The number of unbranched alkanes of at least 4 members (excludes halogenated alkanes) is 20. The molecular weight excluding hydrogens is 1300 g/mol. The average molecular weight is 1410 g/mol. The van der Waals surface area contributed by atoms with Gasteiger partial charge in [0.1, 0.15) is 33.5 Å². The number of fused-ring (bicyclic) bond motifs is 20. The summed E-state index contributed by atoms with van der Waals surface area (Å²) in [6.07, 6.45) is 35.3. The SMILES string of the molecule is CCCCCCCCC1(CCCCCCCC)c2cc(N(c3cccc(-c4ccccc4)c3)c3ccc4c(c3)C(C)(C)c3cc(-c5ccc6c(c5)oc5ccccc56)c5oc6ccccc6c5c3-4)ccc2-c2cc3c(cc21)-c1c(ccc2oc4ccccc4c12)C3(CCCCCCCC)CCCCCCCC. The molecule has 544 valence electrons. The van der Waals surface area contributed by atoms with Gasteiger partial charge >= 0.3 is 0 Å². The summed E-state index contributed by atoms with van der Waals surface area (Å²) in [4.78, 5) is 2.63. The number of anilines is 3. The lowest BCUT2D eigenvalue weighted by Gasteiger charge is -2.35. The van der Waals surface area contributed by atoms with Crippen molar-refractivity contribution in [2.24, 2.45) is 0 Å². The van der Waals surface area contributed by atoms with Gasteiger partial charge in [0, 0.05) is 71.2 Å². The largest absolute Gasteiger partial charge is 0.456 e. The third-order valence-electron chi connectivity index (χ3n) is 25.8. The van der Waals surface area contributed by atoms with Gasteiger partial charge in [0.05, 0.1) is 0 Å². The number of hydrogen-bond donors (Lipinski definition) is 0. The van der Waals surface area contributed by atoms with Gasteiger partial charge in [-0.1, -0.05) is 317 Å². The van der Waals surface area contributed by atoms with Gasteiger partial charge < -0.3 is 18.2 Å².